The molecule has 0 saturated carbocycles. The Bertz CT molecular complexity index is 660. The van der Waals surface area contributed by atoms with Crippen LogP contribution in [0, 0.1) is 0 Å². The van der Waals surface area contributed by atoms with Gasteiger partial charge in [-0.25, -0.2) is 4.79 Å². The van der Waals surface area contributed by atoms with Crippen LogP contribution in [0.15, 0.2) is 40.0 Å². The van der Waals surface area contributed by atoms with Gasteiger partial charge in [0.2, 0.25) is 11.8 Å². The van der Waals surface area contributed by atoms with Gasteiger partial charge in [-0.1, -0.05) is 49.0 Å². The molecule has 0 bridgehead atoms. The molecule has 2 aromatic rings. The molecule has 7 nitrogen and oxygen atoms in total. The summed E-state index contributed by atoms with van der Waals surface area (Å²) in [5.41, 5.74) is 6.07. The Morgan fingerprint density at radius 1 is 1.30 bits per heavy atom. The fourth-order valence-electron chi connectivity index (χ4n) is 1.97. The Morgan fingerprint density at radius 3 is 2.74 bits per heavy atom. The summed E-state index contributed by atoms with van der Waals surface area (Å²) in [6, 6.07) is 9.25. The van der Waals surface area contributed by atoms with E-state index in [0.29, 0.717) is 23.3 Å². The van der Waals surface area contributed by atoms with Crippen molar-refractivity contribution in [1.29, 1.82) is 0 Å². The second-order valence-corrected chi connectivity index (χ2v) is 6.03. The molecule has 23 heavy (non-hydrogen) atoms. The summed E-state index contributed by atoms with van der Waals surface area (Å²) in [4.78, 5) is 21.8. The third kappa shape index (κ3) is 5.74. The van der Waals surface area contributed by atoms with Gasteiger partial charge in [0, 0.05) is 18.6 Å². The lowest BCUT2D eigenvalue weighted by atomic mass is 9.98. The molecule has 3 N–H and O–H groups in total. The van der Waals surface area contributed by atoms with E-state index in [1.807, 2.05) is 23.5 Å². The number of hydrogen-bond acceptors (Lipinski definition) is 6. The van der Waals surface area contributed by atoms with Crippen molar-refractivity contribution in [3.8, 4) is 0 Å². The molecule has 0 fully saturated rings. The number of carbonyl (C=O) groups excluding carboxylic acids is 2. The molecule has 0 aliphatic carbocycles. The number of imide groups is 1. The third-order valence-electron chi connectivity index (χ3n) is 3.12. The summed E-state index contributed by atoms with van der Waals surface area (Å²) in [6.07, 6.45) is 0.797. The SMILES string of the molecule is CC(Cc1nnc(SCCC(=O)NC(N)=O)o1)c1ccccc1. The van der Waals surface area contributed by atoms with Crippen LogP contribution in [0.2, 0.25) is 0 Å². The summed E-state index contributed by atoms with van der Waals surface area (Å²) in [6.45, 7) is 2.10. The smallest absolute Gasteiger partial charge is 0.318 e. The summed E-state index contributed by atoms with van der Waals surface area (Å²) in [5.74, 6) is 0.832. The molecular weight excluding hydrogens is 316 g/mol. The van der Waals surface area contributed by atoms with E-state index in [0.717, 1.165) is 0 Å². The molecule has 3 amide bonds. The van der Waals surface area contributed by atoms with E-state index in [-0.39, 0.29) is 12.3 Å². The second kappa shape index (κ2) is 8.33. The van der Waals surface area contributed by atoms with Crippen LogP contribution in [-0.4, -0.2) is 27.9 Å². The van der Waals surface area contributed by atoms with E-state index in [2.05, 4.69) is 29.3 Å². The van der Waals surface area contributed by atoms with Gasteiger partial charge in [-0.2, -0.15) is 0 Å². The van der Waals surface area contributed by atoms with E-state index in [9.17, 15) is 9.59 Å². The first-order chi connectivity index (χ1) is 11.0. The molecule has 1 atom stereocenters. The maximum Gasteiger partial charge on any atom is 0.318 e. The molecular formula is C15H18N4O3S. The molecule has 0 radical (unpaired) electrons. The molecule has 8 heteroatoms. The van der Waals surface area contributed by atoms with Gasteiger partial charge in [0.15, 0.2) is 0 Å². The minimum absolute atomic E-state index is 0.145. The molecule has 0 aliphatic heterocycles. The number of hydrogen-bond donors (Lipinski definition) is 2. The van der Waals surface area contributed by atoms with Crippen LogP contribution in [0.4, 0.5) is 4.79 Å². The van der Waals surface area contributed by atoms with Gasteiger partial charge in [-0.3, -0.25) is 10.1 Å². The topological polar surface area (TPSA) is 111 Å². The summed E-state index contributed by atoms with van der Waals surface area (Å²) < 4.78 is 5.56. The first-order valence-corrected chi connectivity index (χ1v) is 8.12. The van der Waals surface area contributed by atoms with Crippen LogP contribution in [0.25, 0.3) is 0 Å². The number of carbonyl (C=O) groups is 2. The lowest BCUT2D eigenvalue weighted by Gasteiger charge is -2.08. The number of urea groups is 1. The highest BCUT2D eigenvalue weighted by atomic mass is 32.2. The zero-order valence-electron chi connectivity index (χ0n) is 12.7. The predicted molar refractivity (Wildman–Crippen MR) is 85.9 cm³/mol. The molecule has 1 unspecified atom stereocenters. The number of aromatic nitrogens is 2. The Kier molecular flexibility index (Phi) is 6.16. The van der Waals surface area contributed by atoms with Crippen LogP contribution in [0.3, 0.4) is 0 Å². The Morgan fingerprint density at radius 2 is 2.04 bits per heavy atom. The molecule has 1 heterocycles. The second-order valence-electron chi connectivity index (χ2n) is 4.99. The lowest BCUT2D eigenvalue weighted by molar-refractivity contribution is -0.119. The van der Waals surface area contributed by atoms with Crippen molar-refractivity contribution in [1.82, 2.24) is 15.5 Å². The van der Waals surface area contributed by atoms with Crippen molar-refractivity contribution < 1.29 is 14.0 Å². The van der Waals surface area contributed by atoms with Crippen molar-refractivity contribution in [2.24, 2.45) is 5.73 Å². The zero-order chi connectivity index (χ0) is 16.7. The maximum atomic E-state index is 11.3. The van der Waals surface area contributed by atoms with Crippen LogP contribution in [0.1, 0.15) is 30.7 Å². The van der Waals surface area contributed by atoms with Crippen LogP contribution >= 0.6 is 11.8 Å². The van der Waals surface area contributed by atoms with Crippen LogP contribution in [-0.2, 0) is 11.2 Å². The highest BCUT2D eigenvalue weighted by molar-refractivity contribution is 7.99. The number of nitrogens with zero attached hydrogens (tertiary/aromatic N) is 2. The Hall–Kier alpha value is -2.35. The summed E-state index contributed by atoms with van der Waals surface area (Å²) in [5, 5.41) is 10.4. The first-order valence-electron chi connectivity index (χ1n) is 7.14. The highest BCUT2D eigenvalue weighted by Gasteiger charge is 2.13. The molecule has 0 aliphatic rings. The summed E-state index contributed by atoms with van der Waals surface area (Å²) in [7, 11) is 0. The molecule has 1 aromatic heterocycles. The predicted octanol–water partition coefficient (Wildman–Crippen LogP) is 2.09. The largest absolute Gasteiger partial charge is 0.416 e. The number of rotatable bonds is 7. The van der Waals surface area contributed by atoms with E-state index >= 15 is 0 Å². The van der Waals surface area contributed by atoms with Crippen LogP contribution in [0.5, 0.6) is 0 Å². The molecule has 1 aromatic carbocycles. The quantitative estimate of drug-likeness (QED) is 0.750. The average molecular weight is 334 g/mol. The van der Waals surface area contributed by atoms with E-state index < -0.39 is 11.9 Å². The molecule has 122 valence electrons. The summed E-state index contributed by atoms with van der Waals surface area (Å²) >= 11 is 1.27. The third-order valence-corrected chi connectivity index (χ3v) is 3.94. The van der Waals surface area contributed by atoms with Crippen molar-refractivity contribution in [2.45, 2.75) is 30.9 Å². The normalized spacial score (nSPS) is 11.9. The van der Waals surface area contributed by atoms with Gasteiger partial charge in [0.25, 0.3) is 5.22 Å². The minimum Gasteiger partial charge on any atom is -0.416 e. The Labute approximate surface area is 138 Å². The fourth-order valence-corrected chi connectivity index (χ4v) is 2.69. The number of thioether (sulfide) groups is 1. The molecule has 0 spiro atoms. The van der Waals surface area contributed by atoms with E-state index in [1.165, 1.54) is 17.3 Å². The van der Waals surface area contributed by atoms with Gasteiger partial charge >= 0.3 is 6.03 Å². The first kappa shape index (κ1) is 17.0. The Balaban J connectivity index is 1.79. The van der Waals surface area contributed by atoms with Crippen molar-refractivity contribution >= 4 is 23.7 Å². The van der Waals surface area contributed by atoms with Gasteiger partial charge < -0.3 is 10.2 Å². The van der Waals surface area contributed by atoms with Crippen molar-refractivity contribution in [2.75, 3.05) is 5.75 Å². The van der Waals surface area contributed by atoms with Crippen molar-refractivity contribution in [3.63, 3.8) is 0 Å². The number of nitrogens with two attached hydrogens (primary N) is 1. The zero-order valence-corrected chi connectivity index (χ0v) is 13.5. The van der Waals surface area contributed by atoms with Gasteiger partial charge in [-0.15, -0.1) is 10.2 Å². The van der Waals surface area contributed by atoms with Gasteiger partial charge in [-0.05, 0) is 11.5 Å². The molecule has 0 saturated heterocycles. The van der Waals surface area contributed by atoms with Gasteiger partial charge in [0.1, 0.15) is 0 Å². The van der Waals surface area contributed by atoms with Gasteiger partial charge in [0.05, 0.1) is 0 Å². The standard InChI is InChI=1S/C15H18N4O3S/c1-10(11-5-3-2-4-6-11)9-13-18-19-15(22-13)23-8-7-12(20)17-14(16)21/h2-6,10H,7-9H2,1H3,(H3,16,17,20,21). The molecule has 2 rings (SSSR count). The minimum atomic E-state index is -0.852. The number of nitrogens with one attached hydrogen (secondary N) is 1. The van der Waals surface area contributed by atoms with E-state index in [1.54, 1.807) is 0 Å². The monoisotopic (exact) mass is 334 g/mol. The van der Waals surface area contributed by atoms with E-state index in [4.69, 9.17) is 10.2 Å². The van der Waals surface area contributed by atoms with Crippen molar-refractivity contribution in [3.05, 3.63) is 41.8 Å². The van der Waals surface area contributed by atoms with Crippen LogP contribution < -0.4 is 11.1 Å². The average Bonchev–Trinajstić information content (AvgIpc) is 2.95. The fraction of sp³-hybridized carbons (Fsp3) is 0.333. The number of amides is 3. The lowest BCUT2D eigenvalue weighted by Crippen LogP contribution is -2.35. The maximum absolute atomic E-state index is 11.3. The number of benzene rings is 1. The highest BCUT2D eigenvalue weighted by Crippen LogP contribution is 2.22. The number of primary amides is 1.